The Morgan fingerprint density at radius 2 is 1.87 bits per heavy atom. The number of hydrogen-bond acceptors (Lipinski definition) is 2. The lowest BCUT2D eigenvalue weighted by atomic mass is 10.0. The zero-order chi connectivity index (χ0) is 17.6. The number of nitrogens with zero attached hydrogens (tertiary/aromatic N) is 1. The Hall–Kier alpha value is -2.18. The molecular formula is C16H23F2N3O2. The van der Waals surface area contributed by atoms with Gasteiger partial charge in [-0.1, -0.05) is 19.4 Å². The summed E-state index contributed by atoms with van der Waals surface area (Å²) in [6.45, 7) is 3.46. The maximum absolute atomic E-state index is 13.9. The Balaban J connectivity index is 2.79. The average Bonchev–Trinajstić information content (AvgIpc) is 2.45. The van der Waals surface area contributed by atoms with E-state index in [1.54, 1.807) is 21.0 Å². The number of carbonyl (C=O) groups excluding carboxylic acids is 2. The zero-order valence-corrected chi connectivity index (χ0v) is 13.8. The van der Waals surface area contributed by atoms with Crippen LogP contribution >= 0.6 is 0 Å². The van der Waals surface area contributed by atoms with Crippen LogP contribution in [0.15, 0.2) is 18.2 Å². The van der Waals surface area contributed by atoms with Gasteiger partial charge in [-0.25, -0.2) is 13.6 Å². The molecule has 0 fully saturated rings. The molecule has 0 heterocycles. The van der Waals surface area contributed by atoms with Crippen molar-refractivity contribution in [2.45, 2.75) is 38.8 Å². The van der Waals surface area contributed by atoms with E-state index in [1.165, 1.54) is 11.0 Å². The van der Waals surface area contributed by atoms with E-state index in [0.29, 0.717) is 12.8 Å². The van der Waals surface area contributed by atoms with Crippen molar-refractivity contribution in [2.24, 2.45) is 0 Å². The molecule has 3 amide bonds. The van der Waals surface area contributed by atoms with E-state index in [4.69, 9.17) is 0 Å². The highest BCUT2D eigenvalue weighted by Gasteiger charge is 2.21. The number of likely N-dealkylation sites (N-methyl/N-ethyl adjacent to an activating group) is 1. The van der Waals surface area contributed by atoms with E-state index in [9.17, 15) is 18.4 Å². The molecule has 0 spiro atoms. The van der Waals surface area contributed by atoms with Crippen LogP contribution in [0.1, 0.15) is 38.3 Å². The Morgan fingerprint density at radius 1 is 1.22 bits per heavy atom. The molecule has 0 bridgehead atoms. The van der Waals surface area contributed by atoms with Gasteiger partial charge in [0.25, 0.3) is 0 Å². The number of nitrogens with one attached hydrogen (secondary N) is 2. The van der Waals surface area contributed by atoms with Gasteiger partial charge in [0.05, 0.1) is 6.04 Å². The lowest BCUT2D eigenvalue weighted by molar-refractivity contribution is -0.130. The van der Waals surface area contributed by atoms with Gasteiger partial charge in [0.15, 0.2) is 0 Å². The normalized spacial score (nSPS) is 13.1. The van der Waals surface area contributed by atoms with Gasteiger partial charge in [-0.3, -0.25) is 4.79 Å². The van der Waals surface area contributed by atoms with Crippen molar-refractivity contribution >= 4 is 11.9 Å². The molecule has 2 N–H and O–H groups in total. The molecule has 0 aromatic heterocycles. The van der Waals surface area contributed by atoms with Crippen LogP contribution in [0, 0.1) is 11.6 Å². The third-order valence-electron chi connectivity index (χ3n) is 3.38. The number of hydrogen-bond donors (Lipinski definition) is 2. The summed E-state index contributed by atoms with van der Waals surface area (Å²) in [4.78, 5) is 25.1. The van der Waals surface area contributed by atoms with Crippen LogP contribution in [0.5, 0.6) is 0 Å². The van der Waals surface area contributed by atoms with E-state index in [0.717, 1.165) is 12.1 Å². The Labute approximate surface area is 135 Å². The number of urea groups is 1. The first-order chi connectivity index (χ1) is 10.8. The summed E-state index contributed by atoms with van der Waals surface area (Å²) >= 11 is 0. The van der Waals surface area contributed by atoms with Gasteiger partial charge in [-0.2, -0.15) is 0 Å². The minimum atomic E-state index is -0.707. The molecule has 1 rings (SSSR count). The second kappa shape index (κ2) is 8.45. The molecule has 5 nitrogen and oxygen atoms in total. The summed E-state index contributed by atoms with van der Waals surface area (Å²) in [5.74, 6) is -1.63. The van der Waals surface area contributed by atoms with Gasteiger partial charge in [-0.15, -0.1) is 0 Å². The third kappa shape index (κ3) is 5.50. The molecule has 0 aliphatic carbocycles. The van der Waals surface area contributed by atoms with Gasteiger partial charge < -0.3 is 15.5 Å². The van der Waals surface area contributed by atoms with Gasteiger partial charge in [0.2, 0.25) is 5.91 Å². The van der Waals surface area contributed by atoms with Crippen LogP contribution in [-0.4, -0.2) is 37.0 Å². The number of rotatable bonds is 6. The van der Waals surface area contributed by atoms with Gasteiger partial charge in [0.1, 0.15) is 17.7 Å². The molecule has 128 valence electrons. The van der Waals surface area contributed by atoms with E-state index in [1.807, 2.05) is 6.92 Å². The lowest BCUT2D eigenvalue weighted by Crippen LogP contribution is -2.48. The number of carbonyl (C=O) groups is 2. The van der Waals surface area contributed by atoms with Gasteiger partial charge in [0, 0.05) is 25.7 Å². The third-order valence-corrected chi connectivity index (χ3v) is 3.38. The van der Waals surface area contributed by atoms with Crippen LogP contribution in [0.2, 0.25) is 0 Å². The first-order valence-electron chi connectivity index (χ1n) is 7.49. The van der Waals surface area contributed by atoms with E-state index in [2.05, 4.69) is 10.6 Å². The topological polar surface area (TPSA) is 61.4 Å². The number of benzene rings is 1. The number of halogens is 2. The van der Waals surface area contributed by atoms with E-state index >= 15 is 0 Å². The average molecular weight is 327 g/mol. The van der Waals surface area contributed by atoms with Crippen LogP contribution in [0.4, 0.5) is 13.6 Å². The highest BCUT2D eigenvalue weighted by atomic mass is 19.1. The standard InChI is InChI=1S/C16H23F2N3O2/c1-5-6-14(12-8-7-11(17)9-13(12)18)20-16(23)19-10(2)15(22)21(3)4/h7-10,14H,5-6H2,1-4H3,(H2,19,20,23)/t10-,14+/m0/s1. The number of amides is 3. The van der Waals surface area contributed by atoms with Crippen LogP contribution < -0.4 is 10.6 Å². The Bertz CT molecular complexity index is 564. The minimum absolute atomic E-state index is 0.218. The molecule has 23 heavy (non-hydrogen) atoms. The predicted molar refractivity (Wildman–Crippen MR) is 83.8 cm³/mol. The summed E-state index contributed by atoms with van der Waals surface area (Å²) in [6, 6.07) is 1.39. The molecule has 0 aliphatic rings. The van der Waals surface area contributed by atoms with Gasteiger partial charge >= 0.3 is 6.03 Å². The predicted octanol–water partition coefficient (Wildman–Crippen LogP) is 2.58. The van der Waals surface area contributed by atoms with Crippen molar-refractivity contribution in [1.29, 1.82) is 0 Å². The first kappa shape index (κ1) is 18.9. The Kier molecular flexibility index (Phi) is 6.93. The summed E-state index contributed by atoms with van der Waals surface area (Å²) in [5, 5.41) is 5.15. The molecule has 0 aliphatic heterocycles. The van der Waals surface area contributed by atoms with E-state index in [-0.39, 0.29) is 11.5 Å². The lowest BCUT2D eigenvalue weighted by Gasteiger charge is -2.22. The van der Waals surface area contributed by atoms with E-state index < -0.39 is 29.7 Å². The second-order valence-electron chi connectivity index (χ2n) is 5.58. The summed E-state index contributed by atoms with van der Waals surface area (Å²) in [5.41, 5.74) is 0.218. The quantitative estimate of drug-likeness (QED) is 0.843. The largest absolute Gasteiger partial charge is 0.347 e. The fraction of sp³-hybridized carbons (Fsp3) is 0.500. The first-order valence-corrected chi connectivity index (χ1v) is 7.49. The smallest absolute Gasteiger partial charge is 0.315 e. The van der Waals surface area contributed by atoms with Crippen molar-refractivity contribution in [3.05, 3.63) is 35.4 Å². The maximum atomic E-state index is 13.9. The minimum Gasteiger partial charge on any atom is -0.347 e. The summed E-state index contributed by atoms with van der Waals surface area (Å²) in [7, 11) is 3.18. The van der Waals surface area contributed by atoms with Crippen molar-refractivity contribution in [1.82, 2.24) is 15.5 Å². The van der Waals surface area contributed by atoms with Crippen molar-refractivity contribution < 1.29 is 18.4 Å². The Morgan fingerprint density at radius 3 is 2.39 bits per heavy atom. The summed E-state index contributed by atoms with van der Waals surface area (Å²) < 4.78 is 26.9. The monoisotopic (exact) mass is 327 g/mol. The van der Waals surface area contributed by atoms with Crippen molar-refractivity contribution in [3.8, 4) is 0 Å². The summed E-state index contributed by atoms with van der Waals surface area (Å²) in [6.07, 6.45) is 1.19. The molecular weight excluding hydrogens is 304 g/mol. The SMILES string of the molecule is CCC[C@@H](NC(=O)N[C@@H](C)C(=O)N(C)C)c1ccc(F)cc1F. The zero-order valence-electron chi connectivity index (χ0n) is 13.8. The molecule has 1 aromatic rings. The molecule has 0 saturated carbocycles. The molecule has 0 saturated heterocycles. The highest BCUT2D eigenvalue weighted by Crippen LogP contribution is 2.22. The van der Waals surface area contributed by atoms with Crippen LogP contribution in [0.25, 0.3) is 0 Å². The van der Waals surface area contributed by atoms with Crippen LogP contribution in [-0.2, 0) is 4.79 Å². The van der Waals surface area contributed by atoms with Crippen LogP contribution in [0.3, 0.4) is 0 Å². The fourth-order valence-electron chi connectivity index (χ4n) is 2.22. The molecule has 7 heteroatoms. The molecule has 2 atom stereocenters. The van der Waals surface area contributed by atoms with Crippen molar-refractivity contribution in [3.63, 3.8) is 0 Å². The molecule has 0 radical (unpaired) electrons. The van der Waals surface area contributed by atoms with Crippen molar-refractivity contribution in [2.75, 3.05) is 14.1 Å². The molecule has 0 unspecified atom stereocenters. The van der Waals surface area contributed by atoms with Gasteiger partial charge in [-0.05, 0) is 19.4 Å². The molecule has 1 aromatic carbocycles. The maximum Gasteiger partial charge on any atom is 0.315 e. The highest BCUT2D eigenvalue weighted by molar-refractivity contribution is 5.86. The second-order valence-corrected chi connectivity index (χ2v) is 5.58. The fourth-order valence-corrected chi connectivity index (χ4v) is 2.22.